The molecule has 0 saturated heterocycles. The van der Waals surface area contributed by atoms with Crippen LogP contribution >= 0.6 is 0 Å². The summed E-state index contributed by atoms with van der Waals surface area (Å²) in [5.41, 5.74) is 1.95. The van der Waals surface area contributed by atoms with Crippen LogP contribution in [0, 0.1) is 17.3 Å². The molecule has 0 saturated carbocycles. The molecule has 0 aromatic carbocycles. The monoisotopic (exact) mass is 364 g/mol. The van der Waals surface area contributed by atoms with E-state index in [1.165, 1.54) is 44.4 Å². The Labute approximate surface area is 161 Å². The average molecular weight is 365 g/mol. The molecule has 0 aromatic rings. The summed E-state index contributed by atoms with van der Waals surface area (Å²) in [6.07, 6.45) is 16.1. The number of rotatable bonds is 9. The van der Waals surface area contributed by atoms with Gasteiger partial charge in [0.05, 0.1) is 7.11 Å². The number of hydrogen-bond acceptors (Lipinski definition) is 3. The number of carbonyl (C=O) groups is 2. The Bertz CT molecular complexity index is 460. The second-order valence-electron chi connectivity index (χ2n) is 8.14. The van der Waals surface area contributed by atoms with E-state index < -0.39 is 0 Å². The van der Waals surface area contributed by atoms with Crippen molar-refractivity contribution in [3.8, 4) is 0 Å². The first kappa shape index (κ1) is 24.6. The number of methoxy groups -OCH3 is 1. The highest BCUT2D eigenvalue weighted by Crippen LogP contribution is 2.43. The van der Waals surface area contributed by atoms with Crippen molar-refractivity contribution >= 4 is 12.3 Å². The molecule has 0 amide bonds. The lowest BCUT2D eigenvalue weighted by Gasteiger charge is -2.39. The molecule has 0 heterocycles. The van der Waals surface area contributed by atoms with Gasteiger partial charge < -0.3 is 9.53 Å². The first-order chi connectivity index (χ1) is 12.3. The molecule has 1 aliphatic rings. The Kier molecular flexibility index (Phi) is 13.0. The highest BCUT2D eigenvalue weighted by atomic mass is 16.5. The number of carbonyl (C=O) groups excluding carboxylic acids is 2. The smallest absolute Gasteiger partial charge is 0.330 e. The van der Waals surface area contributed by atoms with Gasteiger partial charge in [0.25, 0.3) is 0 Å². The van der Waals surface area contributed by atoms with Crippen molar-refractivity contribution < 1.29 is 14.3 Å². The third-order valence-electron chi connectivity index (χ3n) is 5.32. The van der Waals surface area contributed by atoms with Crippen LogP contribution in [0.1, 0.15) is 86.0 Å². The molecular formula is C23H40O3. The van der Waals surface area contributed by atoms with E-state index in [9.17, 15) is 9.59 Å². The molecule has 150 valence electrons. The van der Waals surface area contributed by atoms with Gasteiger partial charge in [0, 0.05) is 12.0 Å². The zero-order chi connectivity index (χ0) is 20.0. The first-order valence-electron chi connectivity index (χ1n) is 10.1. The molecule has 3 nitrogen and oxygen atoms in total. The fourth-order valence-electron chi connectivity index (χ4n) is 3.48. The van der Waals surface area contributed by atoms with Gasteiger partial charge in [-0.2, -0.15) is 0 Å². The Balaban J connectivity index is 0.000000508. The minimum atomic E-state index is -0.263. The maximum atomic E-state index is 10.6. The molecule has 0 aromatic heterocycles. The molecule has 3 heteroatoms. The fourth-order valence-corrected chi connectivity index (χ4v) is 3.48. The number of unbranched alkanes of at least 4 members (excludes halogenated alkanes) is 3. The van der Waals surface area contributed by atoms with Gasteiger partial charge >= 0.3 is 5.97 Å². The van der Waals surface area contributed by atoms with Crippen molar-refractivity contribution in [1.82, 2.24) is 0 Å². The van der Waals surface area contributed by atoms with Crippen LogP contribution in [0.2, 0.25) is 0 Å². The maximum absolute atomic E-state index is 10.6. The molecule has 1 aliphatic carbocycles. The standard InChI is InChI=1S/C14H24O.C9H16O2/c1-11(10-15)7-8-13-12(2)6-5-9-14(13,3)4;1-3-4-5-6-7-8-9(10)11-2/h6,10-11,13H,5,7-9H2,1-4H3;7-8H,3-6H2,1-2H3. The highest BCUT2D eigenvalue weighted by Gasteiger charge is 2.32. The van der Waals surface area contributed by atoms with Crippen molar-refractivity contribution in [2.24, 2.45) is 17.3 Å². The van der Waals surface area contributed by atoms with Crippen LogP contribution in [-0.2, 0) is 14.3 Å². The average Bonchev–Trinajstić information content (AvgIpc) is 2.60. The summed E-state index contributed by atoms with van der Waals surface area (Å²) < 4.78 is 4.43. The maximum Gasteiger partial charge on any atom is 0.330 e. The van der Waals surface area contributed by atoms with Crippen LogP contribution in [-0.4, -0.2) is 19.4 Å². The molecule has 1 rings (SSSR count). The van der Waals surface area contributed by atoms with E-state index >= 15 is 0 Å². The zero-order valence-corrected chi connectivity index (χ0v) is 17.8. The second-order valence-corrected chi connectivity index (χ2v) is 8.14. The van der Waals surface area contributed by atoms with Crippen molar-refractivity contribution in [3.63, 3.8) is 0 Å². The predicted octanol–water partition coefficient (Wildman–Crippen LogP) is 6.28. The lowest BCUT2D eigenvalue weighted by molar-refractivity contribution is -0.134. The van der Waals surface area contributed by atoms with E-state index in [1.54, 1.807) is 0 Å². The van der Waals surface area contributed by atoms with Crippen LogP contribution in [0.3, 0.4) is 0 Å². The molecule has 2 atom stereocenters. The van der Waals surface area contributed by atoms with E-state index in [2.05, 4.69) is 38.5 Å². The van der Waals surface area contributed by atoms with Crippen molar-refractivity contribution in [1.29, 1.82) is 0 Å². The van der Waals surface area contributed by atoms with Crippen molar-refractivity contribution in [2.45, 2.75) is 86.0 Å². The highest BCUT2D eigenvalue weighted by molar-refractivity contribution is 5.81. The van der Waals surface area contributed by atoms with E-state index in [0.29, 0.717) is 11.3 Å². The van der Waals surface area contributed by atoms with Gasteiger partial charge in [-0.05, 0) is 56.8 Å². The molecule has 0 bridgehead atoms. The van der Waals surface area contributed by atoms with Crippen LogP contribution in [0.15, 0.2) is 23.8 Å². The van der Waals surface area contributed by atoms with Gasteiger partial charge in [0.15, 0.2) is 0 Å². The van der Waals surface area contributed by atoms with Crippen molar-refractivity contribution in [3.05, 3.63) is 23.8 Å². The molecule has 0 spiro atoms. The van der Waals surface area contributed by atoms with Gasteiger partial charge in [-0.25, -0.2) is 4.79 Å². The van der Waals surface area contributed by atoms with E-state index in [-0.39, 0.29) is 11.9 Å². The largest absolute Gasteiger partial charge is 0.466 e. The molecular weight excluding hydrogens is 324 g/mol. The number of aldehydes is 1. The topological polar surface area (TPSA) is 43.4 Å². The van der Waals surface area contributed by atoms with E-state index in [4.69, 9.17) is 0 Å². The van der Waals surface area contributed by atoms with Crippen LogP contribution in [0.5, 0.6) is 0 Å². The summed E-state index contributed by atoms with van der Waals surface area (Å²) in [7, 11) is 1.39. The zero-order valence-electron chi connectivity index (χ0n) is 17.8. The summed E-state index contributed by atoms with van der Waals surface area (Å²) in [5, 5.41) is 0. The van der Waals surface area contributed by atoms with Gasteiger partial charge in [0.1, 0.15) is 6.29 Å². The SMILES string of the molecule is CC1=CCCC(C)(C)C1CCC(C)C=O.CCCCCC=CC(=O)OC. The van der Waals surface area contributed by atoms with Crippen molar-refractivity contribution in [2.75, 3.05) is 7.11 Å². The van der Waals surface area contributed by atoms with E-state index in [1.807, 2.05) is 13.0 Å². The van der Waals surface area contributed by atoms with Gasteiger partial charge in [-0.1, -0.05) is 58.3 Å². The minimum Gasteiger partial charge on any atom is -0.466 e. The van der Waals surface area contributed by atoms with Gasteiger partial charge in [0.2, 0.25) is 0 Å². The third kappa shape index (κ3) is 10.6. The van der Waals surface area contributed by atoms with Crippen LogP contribution in [0.4, 0.5) is 0 Å². The summed E-state index contributed by atoms with van der Waals surface area (Å²) >= 11 is 0. The summed E-state index contributed by atoms with van der Waals surface area (Å²) in [6.45, 7) is 11.1. The van der Waals surface area contributed by atoms with E-state index in [0.717, 1.165) is 32.0 Å². The lowest BCUT2D eigenvalue weighted by atomic mass is 9.66. The van der Waals surface area contributed by atoms with Crippen LogP contribution in [0.25, 0.3) is 0 Å². The fraction of sp³-hybridized carbons (Fsp3) is 0.739. The molecule has 0 N–H and O–H groups in total. The Morgan fingerprint density at radius 1 is 1.38 bits per heavy atom. The third-order valence-corrected chi connectivity index (χ3v) is 5.32. The lowest BCUT2D eigenvalue weighted by Crippen LogP contribution is -2.28. The molecule has 2 unspecified atom stereocenters. The normalized spacial score (nSPS) is 19.9. The molecule has 0 aliphatic heterocycles. The molecule has 0 radical (unpaired) electrons. The Hall–Kier alpha value is -1.38. The predicted molar refractivity (Wildman–Crippen MR) is 110 cm³/mol. The summed E-state index contributed by atoms with van der Waals surface area (Å²) in [4.78, 5) is 21.1. The molecule has 0 fully saturated rings. The molecule has 26 heavy (non-hydrogen) atoms. The summed E-state index contributed by atoms with van der Waals surface area (Å²) in [5.74, 6) is 0.630. The second kappa shape index (κ2) is 13.8. The Morgan fingerprint density at radius 3 is 2.62 bits per heavy atom. The number of ether oxygens (including phenoxy) is 1. The van der Waals surface area contributed by atoms with Crippen LogP contribution < -0.4 is 0 Å². The summed E-state index contributed by atoms with van der Waals surface area (Å²) in [6, 6.07) is 0. The quantitative estimate of drug-likeness (QED) is 0.159. The number of hydrogen-bond donors (Lipinski definition) is 0. The minimum absolute atomic E-state index is 0.218. The van der Waals surface area contributed by atoms with Gasteiger partial charge in [-0.15, -0.1) is 0 Å². The number of esters is 1. The first-order valence-corrected chi connectivity index (χ1v) is 10.1. The Morgan fingerprint density at radius 2 is 2.08 bits per heavy atom. The van der Waals surface area contributed by atoms with Gasteiger partial charge in [-0.3, -0.25) is 0 Å². The number of allylic oxidation sites excluding steroid dienone is 3.